The second-order valence-corrected chi connectivity index (χ2v) is 7.72. The van der Waals surface area contributed by atoms with Crippen molar-refractivity contribution < 1.29 is 4.79 Å². The molecule has 1 fully saturated rings. The lowest BCUT2D eigenvalue weighted by Gasteiger charge is -2.36. The van der Waals surface area contributed by atoms with Crippen LogP contribution in [-0.4, -0.2) is 48.5 Å². The number of anilines is 2. The van der Waals surface area contributed by atoms with Crippen molar-refractivity contribution in [2.75, 3.05) is 42.9 Å². The number of nitrogens with zero attached hydrogens (tertiary/aromatic N) is 3. The van der Waals surface area contributed by atoms with E-state index >= 15 is 0 Å². The summed E-state index contributed by atoms with van der Waals surface area (Å²) in [4.78, 5) is 21.3. The lowest BCUT2D eigenvalue weighted by atomic mass is 10.2. The molecule has 2 aromatic rings. The minimum Gasteiger partial charge on any atom is -0.367 e. The van der Waals surface area contributed by atoms with E-state index in [1.54, 1.807) is 6.07 Å². The van der Waals surface area contributed by atoms with Crippen molar-refractivity contribution in [1.29, 1.82) is 0 Å². The van der Waals surface area contributed by atoms with E-state index in [1.165, 1.54) is 6.20 Å². The topological polar surface area (TPSA) is 48.5 Å². The summed E-state index contributed by atoms with van der Waals surface area (Å²) in [5, 5.41) is 3.68. The molecule has 1 amide bonds. The zero-order chi connectivity index (χ0) is 19.6. The number of benzene rings is 1. The molecule has 0 unspecified atom stereocenters. The number of halogens is 4. The van der Waals surface area contributed by atoms with Crippen molar-refractivity contribution in [2.45, 2.75) is 6.92 Å². The number of carbonyl (C=O) groups is 1. The summed E-state index contributed by atoms with van der Waals surface area (Å²) in [5.41, 5.74) is 1.51. The number of hydrogen-bond donors (Lipinski definition) is 1. The molecule has 1 N–H and O–H groups in total. The number of rotatable bonds is 4. The first kappa shape index (κ1) is 20.5. The third kappa shape index (κ3) is 4.61. The largest absolute Gasteiger partial charge is 0.367 e. The number of amides is 1. The molecule has 27 heavy (non-hydrogen) atoms. The van der Waals surface area contributed by atoms with Crippen LogP contribution in [-0.2, 0) is 0 Å². The average molecular weight is 448 g/mol. The molecule has 1 aliphatic rings. The van der Waals surface area contributed by atoms with Crippen LogP contribution in [0.3, 0.4) is 0 Å². The Balaban J connectivity index is 1.85. The van der Waals surface area contributed by atoms with Gasteiger partial charge in [-0.1, -0.05) is 53.3 Å². The lowest BCUT2D eigenvalue weighted by molar-refractivity contribution is 0.102. The summed E-state index contributed by atoms with van der Waals surface area (Å²) in [6, 6.07) is 5.43. The van der Waals surface area contributed by atoms with Gasteiger partial charge in [-0.2, -0.15) is 0 Å². The molecular weight excluding hydrogens is 430 g/mol. The monoisotopic (exact) mass is 446 g/mol. The van der Waals surface area contributed by atoms with E-state index in [1.807, 2.05) is 12.1 Å². The molecule has 1 aliphatic heterocycles. The molecule has 2 heterocycles. The van der Waals surface area contributed by atoms with Crippen LogP contribution in [0.5, 0.6) is 0 Å². The number of hydrogen-bond acceptors (Lipinski definition) is 4. The Kier molecular flexibility index (Phi) is 6.71. The van der Waals surface area contributed by atoms with E-state index < -0.39 is 5.91 Å². The summed E-state index contributed by atoms with van der Waals surface area (Å²) in [5.74, 6) is -0.478. The third-order valence-electron chi connectivity index (χ3n) is 4.50. The maximum atomic E-state index is 12.7. The van der Waals surface area contributed by atoms with Crippen LogP contribution in [0, 0.1) is 0 Å². The Labute approximate surface area is 178 Å². The van der Waals surface area contributed by atoms with Crippen LogP contribution in [0.4, 0.5) is 11.4 Å². The summed E-state index contributed by atoms with van der Waals surface area (Å²) in [6.07, 6.45) is 1.30. The smallest absolute Gasteiger partial charge is 0.275 e. The summed E-state index contributed by atoms with van der Waals surface area (Å²) >= 11 is 24.2. The highest BCUT2D eigenvalue weighted by molar-refractivity contribution is 6.49. The van der Waals surface area contributed by atoms with E-state index in [2.05, 4.69) is 27.0 Å². The fourth-order valence-corrected chi connectivity index (χ4v) is 3.71. The van der Waals surface area contributed by atoms with Gasteiger partial charge in [0, 0.05) is 37.4 Å². The highest BCUT2D eigenvalue weighted by Crippen LogP contribution is 2.33. The maximum Gasteiger partial charge on any atom is 0.275 e. The van der Waals surface area contributed by atoms with Gasteiger partial charge in [-0.3, -0.25) is 4.79 Å². The number of pyridine rings is 1. The van der Waals surface area contributed by atoms with Crippen molar-refractivity contribution in [3.05, 3.63) is 50.2 Å². The van der Waals surface area contributed by atoms with Gasteiger partial charge in [-0.05, 0) is 24.7 Å². The number of aromatic nitrogens is 1. The van der Waals surface area contributed by atoms with E-state index in [0.29, 0.717) is 10.7 Å². The van der Waals surface area contributed by atoms with Crippen LogP contribution in [0.2, 0.25) is 20.1 Å². The zero-order valence-corrected chi connectivity index (χ0v) is 17.6. The minimum absolute atomic E-state index is 0.00722. The van der Waals surface area contributed by atoms with Crippen molar-refractivity contribution in [3.8, 4) is 0 Å². The fraction of sp³-hybridized carbons (Fsp3) is 0.333. The summed E-state index contributed by atoms with van der Waals surface area (Å²) in [7, 11) is 0. The van der Waals surface area contributed by atoms with Crippen LogP contribution >= 0.6 is 46.4 Å². The van der Waals surface area contributed by atoms with Gasteiger partial charge < -0.3 is 15.1 Å². The molecule has 5 nitrogen and oxygen atoms in total. The quantitative estimate of drug-likeness (QED) is 0.709. The first-order valence-electron chi connectivity index (χ1n) is 8.48. The molecule has 0 bridgehead atoms. The highest BCUT2D eigenvalue weighted by atomic mass is 35.5. The van der Waals surface area contributed by atoms with Gasteiger partial charge >= 0.3 is 0 Å². The molecule has 0 aliphatic carbocycles. The number of piperazine rings is 1. The lowest BCUT2D eigenvalue weighted by Crippen LogP contribution is -2.46. The Hall–Kier alpha value is -1.24. The molecule has 0 radical (unpaired) electrons. The number of nitrogens with one attached hydrogen (secondary N) is 1. The van der Waals surface area contributed by atoms with Crippen molar-refractivity contribution >= 4 is 63.7 Å². The second kappa shape index (κ2) is 8.84. The standard InChI is InChI=1S/C18H18Cl4N4O/c1-2-25-5-7-26(8-6-25)14-4-3-11(19)9-13(14)24-18(27)17-16(22)15(21)12(20)10-23-17/h3-4,9-10H,2,5-8H2,1H3,(H,24,27). The summed E-state index contributed by atoms with van der Waals surface area (Å²) < 4.78 is 0. The SMILES string of the molecule is CCN1CCN(c2ccc(Cl)cc2NC(=O)c2ncc(Cl)c(Cl)c2Cl)CC1. The zero-order valence-electron chi connectivity index (χ0n) is 14.6. The Morgan fingerprint density at radius 2 is 1.81 bits per heavy atom. The molecule has 144 valence electrons. The fourth-order valence-electron chi connectivity index (χ4n) is 2.97. The molecule has 0 spiro atoms. The van der Waals surface area contributed by atoms with Crippen LogP contribution in [0.1, 0.15) is 17.4 Å². The molecule has 1 saturated heterocycles. The molecule has 9 heteroatoms. The van der Waals surface area contributed by atoms with E-state index in [9.17, 15) is 4.79 Å². The van der Waals surface area contributed by atoms with Gasteiger partial charge in [0.2, 0.25) is 0 Å². The van der Waals surface area contributed by atoms with Gasteiger partial charge in [-0.25, -0.2) is 4.98 Å². The van der Waals surface area contributed by atoms with Crippen molar-refractivity contribution in [3.63, 3.8) is 0 Å². The molecular formula is C18H18Cl4N4O. The van der Waals surface area contributed by atoms with Crippen molar-refractivity contribution in [2.24, 2.45) is 0 Å². The first-order valence-corrected chi connectivity index (χ1v) is 9.99. The normalized spacial score (nSPS) is 15.1. The van der Waals surface area contributed by atoms with Gasteiger partial charge in [-0.15, -0.1) is 0 Å². The first-order chi connectivity index (χ1) is 12.9. The molecule has 0 atom stereocenters. The molecule has 0 saturated carbocycles. The molecule has 1 aromatic carbocycles. The van der Waals surface area contributed by atoms with E-state index in [-0.39, 0.29) is 20.8 Å². The Morgan fingerprint density at radius 3 is 2.48 bits per heavy atom. The molecule has 3 rings (SSSR count). The summed E-state index contributed by atoms with van der Waals surface area (Å²) in [6.45, 7) is 6.84. The van der Waals surface area contributed by atoms with Crippen LogP contribution in [0.25, 0.3) is 0 Å². The number of carbonyl (C=O) groups excluding carboxylic acids is 1. The average Bonchev–Trinajstić information content (AvgIpc) is 2.66. The van der Waals surface area contributed by atoms with E-state index in [0.717, 1.165) is 38.4 Å². The van der Waals surface area contributed by atoms with Gasteiger partial charge in [0.15, 0.2) is 0 Å². The predicted octanol–water partition coefficient (Wildman–Crippen LogP) is 5.09. The van der Waals surface area contributed by atoms with Crippen LogP contribution in [0.15, 0.2) is 24.4 Å². The Bertz CT molecular complexity index is 853. The second-order valence-electron chi connectivity index (χ2n) is 6.12. The van der Waals surface area contributed by atoms with Gasteiger partial charge in [0.1, 0.15) is 5.69 Å². The highest BCUT2D eigenvalue weighted by Gasteiger charge is 2.22. The number of likely N-dealkylation sites (N-methyl/N-ethyl adjacent to an activating group) is 1. The molecule has 1 aromatic heterocycles. The van der Waals surface area contributed by atoms with Crippen LogP contribution < -0.4 is 10.2 Å². The van der Waals surface area contributed by atoms with E-state index in [4.69, 9.17) is 46.4 Å². The third-order valence-corrected chi connectivity index (χ3v) is 5.98. The van der Waals surface area contributed by atoms with Crippen molar-refractivity contribution in [1.82, 2.24) is 9.88 Å². The minimum atomic E-state index is -0.478. The predicted molar refractivity (Wildman–Crippen MR) is 113 cm³/mol. The Morgan fingerprint density at radius 1 is 1.11 bits per heavy atom. The van der Waals surface area contributed by atoms with Gasteiger partial charge in [0.25, 0.3) is 5.91 Å². The maximum absolute atomic E-state index is 12.7. The van der Waals surface area contributed by atoms with Gasteiger partial charge in [0.05, 0.1) is 26.4 Å².